The molecule has 1 heteroatoms. The lowest BCUT2D eigenvalue weighted by Gasteiger charge is -2.20. The quantitative estimate of drug-likeness (QED) is 0.736. The Morgan fingerprint density at radius 3 is 2.63 bits per heavy atom. The van der Waals surface area contributed by atoms with E-state index in [4.69, 9.17) is 0 Å². The van der Waals surface area contributed by atoms with Gasteiger partial charge in [0.1, 0.15) is 0 Å². The first-order valence-electron chi connectivity index (χ1n) is 7.05. The van der Waals surface area contributed by atoms with Crippen LogP contribution < -0.4 is 0 Å². The Balaban J connectivity index is 1.88. The van der Waals surface area contributed by atoms with E-state index < -0.39 is 0 Å². The first-order valence-corrected chi connectivity index (χ1v) is 7.05. The summed E-state index contributed by atoms with van der Waals surface area (Å²) in [4.78, 5) is 12.1. The molecule has 0 bridgehead atoms. The normalized spacial score (nSPS) is 24.3. The topological polar surface area (TPSA) is 17.1 Å². The van der Waals surface area contributed by atoms with Crippen molar-refractivity contribution in [2.24, 2.45) is 0 Å². The molecule has 0 fully saturated rings. The van der Waals surface area contributed by atoms with Gasteiger partial charge in [-0.25, -0.2) is 0 Å². The summed E-state index contributed by atoms with van der Waals surface area (Å²) in [7, 11) is 0. The third kappa shape index (κ3) is 1.58. The van der Waals surface area contributed by atoms with E-state index in [1.165, 1.54) is 23.1 Å². The maximum Gasteiger partial charge on any atom is 0.163 e. The molecule has 0 amide bonds. The maximum absolute atomic E-state index is 12.1. The summed E-state index contributed by atoms with van der Waals surface area (Å²) in [6.07, 6.45) is 2.93. The zero-order valence-electron chi connectivity index (χ0n) is 10.8. The number of rotatable bonds is 1. The van der Waals surface area contributed by atoms with E-state index in [0.29, 0.717) is 17.6 Å². The summed E-state index contributed by atoms with van der Waals surface area (Å²) in [6.45, 7) is 0. The van der Waals surface area contributed by atoms with Crippen LogP contribution in [0.25, 0.3) is 0 Å². The van der Waals surface area contributed by atoms with Crippen LogP contribution in [-0.4, -0.2) is 5.78 Å². The van der Waals surface area contributed by atoms with E-state index in [9.17, 15) is 4.79 Å². The molecule has 0 saturated carbocycles. The number of hydrogen-bond donors (Lipinski definition) is 0. The molecule has 0 N–H and O–H groups in total. The van der Waals surface area contributed by atoms with Crippen molar-refractivity contribution in [3.8, 4) is 0 Å². The molecule has 2 aromatic carbocycles. The SMILES string of the molecule is O=C1CCC2CC(c3ccccc3)c3cccc1c32. The van der Waals surface area contributed by atoms with Crippen molar-refractivity contribution in [3.05, 3.63) is 70.8 Å². The Hall–Kier alpha value is -1.89. The van der Waals surface area contributed by atoms with E-state index in [-0.39, 0.29) is 0 Å². The van der Waals surface area contributed by atoms with Gasteiger partial charge in [0.05, 0.1) is 0 Å². The van der Waals surface area contributed by atoms with Crippen LogP contribution in [0, 0.1) is 0 Å². The zero-order valence-corrected chi connectivity index (χ0v) is 10.8. The van der Waals surface area contributed by atoms with Crippen LogP contribution in [0.15, 0.2) is 48.5 Å². The van der Waals surface area contributed by atoms with Gasteiger partial charge in [0, 0.05) is 17.9 Å². The fourth-order valence-corrected chi connectivity index (χ4v) is 3.82. The van der Waals surface area contributed by atoms with Crippen LogP contribution >= 0.6 is 0 Å². The highest BCUT2D eigenvalue weighted by atomic mass is 16.1. The molecule has 19 heavy (non-hydrogen) atoms. The van der Waals surface area contributed by atoms with Crippen molar-refractivity contribution >= 4 is 5.78 Å². The lowest BCUT2D eigenvalue weighted by Crippen LogP contribution is -2.13. The van der Waals surface area contributed by atoms with E-state index in [1.807, 2.05) is 6.07 Å². The van der Waals surface area contributed by atoms with Gasteiger partial charge < -0.3 is 0 Å². The lowest BCUT2D eigenvalue weighted by molar-refractivity contribution is 0.0967. The highest BCUT2D eigenvalue weighted by Gasteiger charge is 2.37. The van der Waals surface area contributed by atoms with Crippen LogP contribution in [0.1, 0.15) is 58.1 Å². The second-order valence-electron chi connectivity index (χ2n) is 5.67. The Kier molecular flexibility index (Phi) is 2.34. The molecule has 4 rings (SSSR count). The third-order valence-electron chi connectivity index (χ3n) is 4.67. The van der Waals surface area contributed by atoms with Crippen LogP contribution in [0.2, 0.25) is 0 Å². The van der Waals surface area contributed by atoms with Crippen LogP contribution in [0.3, 0.4) is 0 Å². The number of carbonyl (C=O) groups is 1. The highest BCUT2D eigenvalue weighted by Crippen LogP contribution is 2.50. The molecule has 0 spiro atoms. The van der Waals surface area contributed by atoms with E-state index in [1.54, 1.807) is 0 Å². The zero-order chi connectivity index (χ0) is 12.8. The van der Waals surface area contributed by atoms with Gasteiger partial charge in [-0.3, -0.25) is 4.79 Å². The molecule has 0 heterocycles. The fourth-order valence-electron chi connectivity index (χ4n) is 3.82. The van der Waals surface area contributed by atoms with Gasteiger partial charge >= 0.3 is 0 Å². The van der Waals surface area contributed by atoms with Crippen molar-refractivity contribution in [3.63, 3.8) is 0 Å². The third-order valence-corrected chi connectivity index (χ3v) is 4.67. The molecule has 94 valence electrons. The number of hydrogen-bond acceptors (Lipinski definition) is 1. The molecule has 2 aliphatic carbocycles. The summed E-state index contributed by atoms with van der Waals surface area (Å²) in [6, 6.07) is 17.0. The number of carbonyl (C=O) groups excluding carboxylic acids is 1. The Morgan fingerprint density at radius 1 is 0.947 bits per heavy atom. The number of ketones is 1. The second kappa shape index (κ2) is 4.06. The minimum absolute atomic E-state index is 0.335. The van der Waals surface area contributed by atoms with Gasteiger partial charge in [-0.15, -0.1) is 0 Å². The maximum atomic E-state index is 12.1. The van der Waals surface area contributed by atoms with Crippen molar-refractivity contribution in [2.75, 3.05) is 0 Å². The number of Topliss-reactive ketones (excluding diaryl/α,β-unsaturated/α-hetero) is 1. The van der Waals surface area contributed by atoms with Gasteiger partial charge in [0.25, 0.3) is 0 Å². The monoisotopic (exact) mass is 248 g/mol. The molecule has 0 aliphatic heterocycles. The standard InChI is InChI=1S/C18H16O/c19-17-10-9-13-11-16(12-5-2-1-3-6-12)14-7-4-8-15(17)18(13)14/h1-8,13,16H,9-11H2. The van der Waals surface area contributed by atoms with Crippen molar-refractivity contribution in [2.45, 2.75) is 31.1 Å². The molecule has 1 nitrogen and oxygen atoms in total. The molecule has 2 unspecified atom stereocenters. The van der Waals surface area contributed by atoms with Gasteiger partial charge in [-0.1, -0.05) is 48.5 Å². The Labute approximate surface area is 113 Å². The predicted octanol–water partition coefficient (Wildman–Crippen LogP) is 4.28. The minimum Gasteiger partial charge on any atom is -0.294 e. The van der Waals surface area contributed by atoms with Crippen molar-refractivity contribution in [1.82, 2.24) is 0 Å². The van der Waals surface area contributed by atoms with Crippen LogP contribution in [0.4, 0.5) is 0 Å². The summed E-state index contributed by atoms with van der Waals surface area (Å²) in [5.41, 5.74) is 5.12. The van der Waals surface area contributed by atoms with E-state index in [0.717, 1.165) is 18.4 Å². The summed E-state index contributed by atoms with van der Waals surface area (Å²) in [5, 5.41) is 0. The summed E-state index contributed by atoms with van der Waals surface area (Å²) < 4.78 is 0. The van der Waals surface area contributed by atoms with Gasteiger partial charge in [-0.2, -0.15) is 0 Å². The Morgan fingerprint density at radius 2 is 1.79 bits per heavy atom. The van der Waals surface area contributed by atoms with E-state index >= 15 is 0 Å². The summed E-state index contributed by atoms with van der Waals surface area (Å²) >= 11 is 0. The molecule has 0 radical (unpaired) electrons. The first-order chi connectivity index (χ1) is 9.34. The van der Waals surface area contributed by atoms with Crippen LogP contribution in [0.5, 0.6) is 0 Å². The molecular formula is C18H16O. The largest absolute Gasteiger partial charge is 0.294 e. The molecule has 2 aromatic rings. The predicted molar refractivity (Wildman–Crippen MR) is 75.6 cm³/mol. The Bertz CT molecular complexity index is 642. The number of benzene rings is 2. The average molecular weight is 248 g/mol. The first kappa shape index (κ1) is 11.0. The summed E-state index contributed by atoms with van der Waals surface area (Å²) in [5.74, 6) is 1.41. The second-order valence-corrected chi connectivity index (χ2v) is 5.67. The average Bonchev–Trinajstić information content (AvgIpc) is 2.84. The smallest absolute Gasteiger partial charge is 0.163 e. The molecule has 0 saturated heterocycles. The molecule has 2 atom stereocenters. The minimum atomic E-state index is 0.335. The molecular weight excluding hydrogens is 232 g/mol. The van der Waals surface area contributed by atoms with Gasteiger partial charge in [0.15, 0.2) is 5.78 Å². The molecule has 2 aliphatic rings. The highest BCUT2D eigenvalue weighted by molar-refractivity contribution is 5.99. The van der Waals surface area contributed by atoms with Gasteiger partial charge in [-0.05, 0) is 35.4 Å². The lowest BCUT2D eigenvalue weighted by atomic mass is 9.83. The van der Waals surface area contributed by atoms with Crippen molar-refractivity contribution < 1.29 is 4.79 Å². The fraction of sp³-hybridized carbons (Fsp3) is 0.278. The van der Waals surface area contributed by atoms with Crippen LogP contribution in [-0.2, 0) is 0 Å². The van der Waals surface area contributed by atoms with Gasteiger partial charge in [0.2, 0.25) is 0 Å². The molecule has 0 aromatic heterocycles. The van der Waals surface area contributed by atoms with Crippen molar-refractivity contribution in [1.29, 1.82) is 0 Å². The van der Waals surface area contributed by atoms with E-state index in [2.05, 4.69) is 42.5 Å².